The first-order valence-electron chi connectivity index (χ1n) is 10.2. The highest BCUT2D eigenvalue weighted by Gasteiger charge is 2.18. The summed E-state index contributed by atoms with van der Waals surface area (Å²) in [6, 6.07) is 15.5. The van der Waals surface area contributed by atoms with E-state index in [1.54, 1.807) is 6.08 Å². The molecule has 0 aliphatic carbocycles. The molecule has 5 nitrogen and oxygen atoms in total. The minimum Gasteiger partial charge on any atom is -0.481 e. The van der Waals surface area contributed by atoms with Crippen molar-refractivity contribution in [2.75, 3.05) is 0 Å². The molecule has 1 heterocycles. The highest BCUT2D eigenvalue weighted by molar-refractivity contribution is 6.31. The number of hydrogen-bond donors (Lipinski definition) is 3. The lowest BCUT2D eigenvalue weighted by Gasteiger charge is -2.18. The normalized spacial score (nSPS) is 13.7. The number of benzene rings is 2. The molecule has 0 spiro atoms. The number of pyridine rings is 1. The molecule has 6 heteroatoms. The van der Waals surface area contributed by atoms with E-state index >= 15 is 0 Å². The molecule has 2 atom stereocenters. The van der Waals surface area contributed by atoms with Crippen LogP contribution in [0, 0.1) is 0 Å². The van der Waals surface area contributed by atoms with Crippen molar-refractivity contribution in [3.8, 4) is 11.1 Å². The number of rotatable bonds is 8. The Morgan fingerprint density at radius 3 is 2.48 bits per heavy atom. The van der Waals surface area contributed by atoms with Gasteiger partial charge in [0.1, 0.15) is 0 Å². The highest BCUT2D eigenvalue weighted by atomic mass is 35.5. The van der Waals surface area contributed by atoms with Gasteiger partial charge in [0, 0.05) is 28.0 Å². The molecule has 0 amide bonds. The van der Waals surface area contributed by atoms with Crippen molar-refractivity contribution in [3.05, 3.63) is 70.9 Å². The number of nitrogens with zero attached hydrogens (tertiary/aromatic N) is 1. The second-order valence-corrected chi connectivity index (χ2v) is 8.32. The fourth-order valence-corrected chi connectivity index (χ4v) is 3.82. The Labute approximate surface area is 186 Å². The van der Waals surface area contributed by atoms with E-state index in [2.05, 4.69) is 13.8 Å². The van der Waals surface area contributed by atoms with Gasteiger partial charge in [-0.1, -0.05) is 67.9 Å². The van der Waals surface area contributed by atoms with Gasteiger partial charge in [-0.25, -0.2) is 0 Å². The second-order valence-electron chi connectivity index (χ2n) is 7.88. The van der Waals surface area contributed by atoms with Crippen molar-refractivity contribution < 1.29 is 20.1 Å². The molecule has 0 saturated heterocycles. The summed E-state index contributed by atoms with van der Waals surface area (Å²) in [4.78, 5) is 15.6. The lowest BCUT2D eigenvalue weighted by Crippen LogP contribution is -2.19. The monoisotopic (exact) mass is 439 g/mol. The predicted molar refractivity (Wildman–Crippen MR) is 124 cm³/mol. The van der Waals surface area contributed by atoms with Gasteiger partial charge >= 0.3 is 5.97 Å². The zero-order chi connectivity index (χ0) is 22.5. The van der Waals surface area contributed by atoms with Crippen molar-refractivity contribution >= 4 is 34.5 Å². The number of hydrogen-bond acceptors (Lipinski definition) is 4. The molecule has 0 saturated carbocycles. The van der Waals surface area contributed by atoms with E-state index in [-0.39, 0.29) is 12.3 Å². The second kappa shape index (κ2) is 10.1. The van der Waals surface area contributed by atoms with Gasteiger partial charge in [-0.15, -0.1) is 0 Å². The van der Waals surface area contributed by atoms with Crippen LogP contribution in [0.1, 0.15) is 43.9 Å². The Balaban J connectivity index is 2.14. The quantitative estimate of drug-likeness (QED) is 0.444. The summed E-state index contributed by atoms with van der Waals surface area (Å²) in [5, 5.41) is 30.5. The molecular weight excluding hydrogens is 414 g/mol. The number of fused-ring (bicyclic) bond motifs is 1. The third-order valence-electron chi connectivity index (χ3n) is 5.03. The van der Waals surface area contributed by atoms with E-state index in [1.165, 1.54) is 0 Å². The van der Waals surface area contributed by atoms with Crippen LogP contribution in [0.2, 0.25) is 5.02 Å². The van der Waals surface area contributed by atoms with Gasteiger partial charge < -0.3 is 15.3 Å². The number of aliphatic hydroxyl groups excluding tert-OH is 2. The summed E-state index contributed by atoms with van der Waals surface area (Å²) in [6.07, 6.45) is 0.803. The van der Waals surface area contributed by atoms with Crippen molar-refractivity contribution in [1.29, 1.82) is 0 Å². The van der Waals surface area contributed by atoms with E-state index in [0.29, 0.717) is 5.02 Å². The molecule has 0 radical (unpaired) electrons. The molecule has 3 N–H and O–H groups in total. The average Bonchev–Trinajstić information content (AvgIpc) is 2.71. The third kappa shape index (κ3) is 5.70. The van der Waals surface area contributed by atoms with Crippen LogP contribution in [0.3, 0.4) is 0 Å². The Morgan fingerprint density at radius 1 is 1.13 bits per heavy atom. The Morgan fingerprint density at radius 2 is 1.84 bits per heavy atom. The maximum Gasteiger partial charge on any atom is 0.305 e. The third-order valence-corrected chi connectivity index (χ3v) is 5.27. The molecule has 2 aromatic carbocycles. The number of carboxylic acids is 1. The van der Waals surface area contributed by atoms with Gasteiger partial charge in [-0.2, -0.15) is 0 Å². The highest BCUT2D eigenvalue weighted by Crippen LogP contribution is 2.37. The Hall–Kier alpha value is -2.73. The predicted octanol–water partition coefficient (Wildman–Crippen LogP) is 5.28. The molecule has 3 aromatic rings. The Bertz CT molecular complexity index is 1100. The lowest BCUT2D eigenvalue weighted by atomic mass is 9.90. The first-order valence-corrected chi connectivity index (χ1v) is 10.6. The molecule has 31 heavy (non-hydrogen) atoms. The number of carbonyl (C=O) groups is 1. The van der Waals surface area contributed by atoms with Crippen molar-refractivity contribution in [2.45, 2.75) is 44.8 Å². The van der Waals surface area contributed by atoms with Gasteiger partial charge in [0.15, 0.2) is 0 Å². The maximum absolute atomic E-state index is 10.8. The zero-order valence-corrected chi connectivity index (χ0v) is 18.3. The molecule has 0 fully saturated rings. The summed E-state index contributed by atoms with van der Waals surface area (Å²) in [6.45, 7) is 4.12. The zero-order valence-electron chi connectivity index (χ0n) is 17.5. The van der Waals surface area contributed by atoms with Crippen LogP contribution >= 0.6 is 11.6 Å². The summed E-state index contributed by atoms with van der Waals surface area (Å²) in [5.41, 5.74) is 4.54. The summed E-state index contributed by atoms with van der Waals surface area (Å²) in [5.74, 6) is -0.982. The standard InChI is InChI=1S/C25H26ClNO4/c1-15(2)25-20(10-9-18(28)13-19(29)14-23(30)31)24(16-6-4-3-5-7-16)21-12-17(26)8-11-22(21)27-25/h3-12,15,18-19,28-29H,13-14H2,1-2H3,(H,30,31). The van der Waals surface area contributed by atoms with Crippen LogP contribution in [-0.4, -0.2) is 38.5 Å². The fourth-order valence-electron chi connectivity index (χ4n) is 3.64. The molecule has 2 unspecified atom stereocenters. The van der Waals surface area contributed by atoms with Crippen LogP contribution in [0.15, 0.2) is 54.6 Å². The van der Waals surface area contributed by atoms with Crippen LogP contribution in [0.25, 0.3) is 28.1 Å². The van der Waals surface area contributed by atoms with Crippen molar-refractivity contribution in [1.82, 2.24) is 4.98 Å². The average molecular weight is 440 g/mol. The van der Waals surface area contributed by atoms with Crippen LogP contribution < -0.4 is 0 Å². The van der Waals surface area contributed by atoms with Crippen molar-refractivity contribution in [2.24, 2.45) is 0 Å². The molecule has 1 aromatic heterocycles. The SMILES string of the molecule is CC(C)c1nc2ccc(Cl)cc2c(-c2ccccc2)c1C=CC(O)CC(O)CC(=O)O. The molecule has 0 aliphatic rings. The largest absolute Gasteiger partial charge is 0.481 e. The number of halogens is 1. The topological polar surface area (TPSA) is 90.7 Å². The first kappa shape index (κ1) is 22.9. The Kier molecular flexibility index (Phi) is 7.44. The number of carboxylic acid groups (broad SMARTS) is 1. The number of aliphatic hydroxyl groups is 2. The molecule has 0 aliphatic heterocycles. The van der Waals surface area contributed by atoms with Crippen LogP contribution in [-0.2, 0) is 4.79 Å². The van der Waals surface area contributed by atoms with Gasteiger partial charge in [0.05, 0.1) is 29.8 Å². The van der Waals surface area contributed by atoms with Gasteiger partial charge in [0.2, 0.25) is 0 Å². The van der Waals surface area contributed by atoms with Gasteiger partial charge in [0.25, 0.3) is 0 Å². The number of aromatic nitrogens is 1. The summed E-state index contributed by atoms with van der Waals surface area (Å²) in [7, 11) is 0. The minimum absolute atomic E-state index is 0.0622. The molecular formula is C25H26ClNO4. The van der Waals surface area contributed by atoms with E-state index in [4.69, 9.17) is 21.7 Å². The molecule has 0 bridgehead atoms. The molecule has 3 rings (SSSR count). The van der Waals surface area contributed by atoms with E-state index in [9.17, 15) is 15.0 Å². The lowest BCUT2D eigenvalue weighted by molar-refractivity contribution is -0.139. The van der Waals surface area contributed by atoms with Crippen molar-refractivity contribution in [3.63, 3.8) is 0 Å². The maximum atomic E-state index is 10.8. The van der Waals surface area contributed by atoms with Gasteiger partial charge in [-0.05, 0) is 29.7 Å². The minimum atomic E-state index is -1.12. The van der Waals surface area contributed by atoms with Crippen LogP contribution in [0.5, 0.6) is 0 Å². The van der Waals surface area contributed by atoms with E-state index < -0.39 is 24.6 Å². The number of aliphatic carboxylic acids is 1. The summed E-state index contributed by atoms with van der Waals surface area (Å²) >= 11 is 6.30. The fraction of sp³-hybridized carbons (Fsp3) is 0.280. The summed E-state index contributed by atoms with van der Waals surface area (Å²) < 4.78 is 0. The first-order chi connectivity index (χ1) is 14.8. The molecule has 162 valence electrons. The smallest absolute Gasteiger partial charge is 0.305 e. The van der Waals surface area contributed by atoms with E-state index in [0.717, 1.165) is 33.3 Å². The van der Waals surface area contributed by atoms with E-state index in [1.807, 2.05) is 54.6 Å². The van der Waals surface area contributed by atoms with Gasteiger partial charge in [-0.3, -0.25) is 9.78 Å². The van der Waals surface area contributed by atoms with Crippen LogP contribution in [0.4, 0.5) is 0 Å².